The molecule has 0 aliphatic rings. The summed E-state index contributed by atoms with van der Waals surface area (Å²) >= 11 is 11.2. The lowest BCUT2D eigenvalue weighted by Gasteiger charge is -2.20. The summed E-state index contributed by atoms with van der Waals surface area (Å²) in [5.41, 5.74) is -0.158. The number of nitrogens with zero attached hydrogens (tertiary/aromatic N) is 2. The van der Waals surface area contributed by atoms with Gasteiger partial charge in [-0.1, -0.05) is 12.1 Å². The first kappa shape index (κ1) is 14.7. The highest BCUT2D eigenvalue weighted by Gasteiger charge is 2.23. The highest BCUT2D eigenvalue weighted by atomic mass is 35.5. The first-order valence-electron chi connectivity index (χ1n) is 5.26. The number of nitro benzene ring substituents is 1. The lowest BCUT2D eigenvalue weighted by Crippen LogP contribution is -2.34. The van der Waals surface area contributed by atoms with Gasteiger partial charge in [-0.05, 0) is 6.07 Å². The summed E-state index contributed by atoms with van der Waals surface area (Å²) in [4.78, 5) is 23.8. The van der Waals surface area contributed by atoms with Crippen LogP contribution in [-0.2, 0) is 0 Å². The zero-order valence-electron chi connectivity index (χ0n) is 9.51. The summed E-state index contributed by atoms with van der Waals surface area (Å²) in [6.07, 6.45) is 0. The third-order valence-corrected chi connectivity index (χ3v) is 2.67. The molecule has 0 atom stereocenters. The number of para-hydroxylation sites is 1. The number of halogens is 2. The van der Waals surface area contributed by atoms with Crippen molar-refractivity contribution in [1.29, 1.82) is 0 Å². The van der Waals surface area contributed by atoms with E-state index in [1.807, 2.05) is 0 Å². The number of carbonyl (C=O) groups is 1. The normalized spacial score (nSPS) is 10.1. The molecule has 18 heavy (non-hydrogen) atoms. The second kappa shape index (κ2) is 7.18. The van der Waals surface area contributed by atoms with Crippen LogP contribution < -0.4 is 0 Å². The maximum Gasteiger partial charge on any atom is 0.282 e. The second-order valence-corrected chi connectivity index (χ2v) is 4.20. The topological polar surface area (TPSA) is 63.4 Å². The van der Waals surface area contributed by atoms with Crippen molar-refractivity contribution in [3.8, 4) is 0 Å². The van der Waals surface area contributed by atoms with Crippen molar-refractivity contribution in [1.82, 2.24) is 4.90 Å². The summed E-state index contributed by atoms with van der Waals surface area (Å²) in [6.45, 7) is 0.609. The second-order valence-electron chi connectivity index (χ2n) is 3.44. The smallest absolute Gasteiger partial charge is 0.282 e. The predicted octanol–water partition coefficient (Wildman–Crippen LogP) is 2.51. The molecule has 5 nitrogen and oxygen atoms in total. The maximum absolute atomic E-state index is 12.2. The number of alkyl halides is 2. The minimum atomic E-state index is -0.577. The molecule has 1 aromatic rings. The maximum atomic E-state index is 12.2. The van der Waals surface area contributed by atoms with Crippen molar-refractivity contribution < 1.29 is 9.72 Å². The van der Waals surface area contributed by atoms with Crippen LogP contribution in [0.2, 0.25) is 0 Å². The Morgan fingerprint density at radius 3 is 2.28 bits per heavy atom. The Morgan fingerprint density at radius 2 is 1.78 bits per heavy atom. The van der Waals surface area contributed by atoms with Crippen molar-refractivity contribution in [2.24, 2.45) is 0 Å². The van der Waals surface area contributed by atoms with Gasteiger partial charge in [0, 0.05) is 30.9 Å². The molecule has 0 saturated heterocycles. The van der Waals surface area contributed by atoms with Crippen LogP contribution in [0.15, 0.2) is 24.3 Å². The van der Waals surface area contributed by atoms with Crippen LogP contribution in [0.25, 0.3) is 0 Å². The van der Waals surface area contributed by atoms with Gasteiger partial charge in [0.2, 0.25) is 0 Å². The molecule has 0 aromatic heterocycles. The summed E-state index contributed by atoms with van der Waals surface area (Å²) in [7, 11) is 0. The third-order valence-electron chi connectivity index (χ3n) is 2.33. The molecule has 1 rings (SSSR count). The average Bonchev–Trinajstić information content (AvgIpc) is 2.37. The average molecular weight is 291 g/mol. The minimum Gasteiger partial charge on any atom is -0.336 e. The fourth-order valence-electron chi connectivity index (χ4n) is 1.50. The van der Waals surface area contributed by atoms with Gasteiger partial charge >= 0.3 is 0 Å². The fraction of sp³-hybridized carbons (Fsp3) is 0.364. The van der Waals surface area contributed by atoms with E-state index in [4.69, 9.17) is 23.2 Å². The molecular formula is C11H12Cl2N2O3. The monoisotopic (exact) mass is 290 g/mol. The van der Waals surface area contributed by atoms with E-state index in [2.05, 4.69) is 0 Å². The zero-order chi connectivity index (χ0) is 13.5. The molecule has 0 fully saturated rings. The Kier molecular flexibility index (Phi) is 5.88. The molecule has 98 valence electrons. The highest BCUT2D eigenvalue weighted by Crippen LogP contribution is 2.19. The van der Waals surface area contributed by atoms with Gasteiger partial charge in [0.1, 0.15) is 5.56 Å². The number of hydrogen-bond donors (Lipinski definition) is 0. The molecule has 1 amide bonds. The van der Waals surface area contributed by atoms with E-state index in [0.717, 1.165) is 0 Å². The number of rotatable bonds is 6. The van der Waals surface area contributed by atoms with Crippen LogP contribution in [-0.4, -0.2) is 40.6 Å². The largest absolute Gasteiger partial charge is 0.336 e. The van der Waals surface area contributed by atoms with Crippen LogP contribution in [0.3, 0.4) is 0 Å². The Morgan fingerprint density at radius 1 is 1.22 bits per heavy atom. The Balaban J connectivity index is 3.04. The molecule has 0 N–H and O–H groups in total. The predicted molar refractivity (Wildman–Crippen MR) is 70.4 cm³/mol. The zero-order valence-corrected chi connectivity index (χ0v) is 11.0. The number of benzene rings is 1. The van der Waals surface area contributed by atoms with Gasteiger partial charge in [-0.15, -0.1) is 23.2 Å². The standard InChI is InChI=1S/C11H12Cl2N2O3/c12-5-7-14(8-6-13)11(16)9-3-1-2-4-10(9)15(17)18/h1-4H,5-8H2. The molecule has 0 aliphatic heterocycles. The van der Waals surface area contributed by atoms with E-state index in [1.54, 1.807) is 6.07 Å². The van der Waals surface area contributed by atoms with E-state index >= 15 is 0 Å². The van der Waals surface area contributed by atoms with E-state index in [-0.39, 0.29) is 23.0 Å². The summed E-state index contributed by atoms with van der Waals surface area (Å²) in [5.74, 6) is 0.0792. The number of amides is 1. The van der Waals surface area contributed by atoms with Crippen LogP contribution in [0, 0.1) is 10.1 Å². The summed E-state index contributed by atoms with van der Waals surface area (Å²) < 4.78 is 0. The first-order chi connectivity index (χ1) is 8.61. The van der Waals surface area contributed by atoms with Gasteiger partial charge in [0.25, 0.3) is 11.6 Å². The van der Waals surface area contributed by atoms with Crippen LogP contribution in [0.4, 0.5) is 5.69 Å². The molecule has 0 saturated carbocycles. The van der Waals surface area contributed by atoms with Crippen LogP contribution in [0.1, 0.15) is 10.4 Å². The van der Waals surface area contributed by atoms with Crippen molar-refractivity contribution in [2.45, 2.75) is 0 Å². The third kappa shape index (κ3) is 3.58. The number of nitro groups is 1. The highest BCUT2D eigenvalue weighted by molar-refractivity contribution is 6.18. The molecule has 0 unspecified atom stereocenters. The molecule has 0 spiro atoms. The number of carbonyl (C=O) groups excluding carboxylic acids is 1. The minimum absolute atomic E-state index is 0.0535. The SMILES string of the molecule is O=C(c1ccccc1[N+](=O)[O-])N(CCCl)CCCl. The molecule has 0 aliphatic carbocycles. The van der Waals surface area contributed by atoms with Crippen molar-refractivity contribution >= 4 is 34.8 Å². The summed E-state index contributed by atoms with van der Waals surface area (Å²) in [5, 5.41) is 10.8. The van der Waals surface area contributed by atoms with E-state index in [1.165, 1.54) is 23.1 Å². The van der Waals surface area contributed by atoms with Crippen molar-refractivity contribution in [3.63, 3.8) is 0 Å². The Hall–Kier alpha value is -1.33. The molecule has 7 heteroatoms. The Labute approximate surface area is 114 Å². The van der Waals surface area contributed by atoms with Crippen molar-refractivity contribution in [3.05, 3.63) is 39.9 Å². The van der Waals surface area contributed by atoms with Crippen LogP contribution in [0.5, 0.6) is 0 Å². The van der Waals surface area contributed by atoms with E-state index < -0.39 is 10.8 Å². The lowest BCUT2D eigenvalue weighted by molar-refractivity contribution is -0.385. The van der Waals surface area contributed by atoms with Gasteiger partial charge in [-0.2, -0.15) is 0 Å². The molecular weight excluding hydrogens is 279 g/mol. The van der Waals surface area contributed by atoms with E-state index in [9.17, 15) is 14.9 Å². The van der Waals surface area contributed by atoms with E-state index in [0.29, 0.717) is 13.1 Å². The van der Waals surface area contributed by atoms with Crippen LogP contribution >= 0.6 is 23.2 Å². The first-order valence-corrected chi connectivity index (χ1v) is 6.33. The van der Waals surface area contributed by atoms with Gasteiger partial charge in [-0.3, -0.25) is 14.9 Å². The van der Waals surface area contributed by atoms with Gasteiger partial charge < -0.3 is 4.90 Å². The quantitative estimate of drug-likeness (QED) is 0.459. The van der Waals surface area contributed by atoms with Gasteiger partial charge in [0.15, 0.2) is 0 Å². The van der Waals surface area contributed by atoms with Gasteiger partial charge in [0.05, 0.1) is 4.92 Å². The molecule has 1 aromatic carbocycles. The van der Waals surface area contributed by atoms with Crippen molar-refractivity contribution in [2.75, 3.05) is 24.8 Å². The lowest BCUT2D eigenvalue weighted by atomic mass is 10.1. The molecule has 0 radical (unpaired) electrons. The number of hydrogen-bond acceptors (Lipinski definition) is 3. The van der Waals surface area contributed by atoms with Gasteiger partial charge in [-0.25, -0.2) is 0 Å². The molecule has 0 bridgehead atoms. The Bertz CT molecular complexity index is 434. The molecule has 0 heterocycles. The fourth-order valence-corrected chi connectivity index (χ4v) is 1.91. The summed E-state index contributed by atoms with van der Waals surface area (Å²) in [6, 6.07) is 5.82.